The van der Waals surface area contributed by atoms with E-state index in [4.69, 9.17) is 10.5 Å². The fourth-order valence-corrected chi connectivity index (χ4v) is 3.10. The Morgan fingerprint density at radius 2 is 2.06 bits per heavy atom. The van der Waals surface area contributed by atoms with Crippen LogP contribution < -0.4 is 11.2 Å². The van der Waals surface area contributed by atoms with Crippen LogP contribution in [0.5, 0.6) is 0 Å². The van der Waals surface area contributed by atoms with Crippen molar-refractivity contribution in [2.24, 2.45) is 5.73 Å². The van der Waals surface area contributed by atoms with Gasteiger partial charge in [-0.1, -0.05) is 0 Å². The van der Waals surface area contributed by atoms with Gasteiger partial charge in [0.2, 0.25) is 0 Å². The molecule has 0 aromatic rings. The zero-order valence-electron chi connectivity index (χ0n) is 11.8. The van der Waals surface area contributed by atoms with Gasteiger partial charge in [-0.3, -0.25) is 0 Å². The summed E-state index contributed by atoms with van der Waals surface area (Å²) in [6, 6.07) is 0. The number of ether oxygens (including phenoxy) is 1. The van der Waals surface area contributed by atoms with Gasteiger partial charge >= 0.3 is 0 Å². The lowest BCUT2D eigenvalue weighted by atomic mass is 9.80. The number of nitrogens with two attached hydrogens (primary N) is 1. The maximum atomic E-state index is 6.04. The van der Waals surface area contributed by atoms with Crippen LogP contribution in [0.4, 0.5) is 0 Å². The van der Waals surface area contributed by atoms with Crippen molar-refractivity contribution in [2.45, 2.75) is 37.3 Å². The summed E-state index contributed by atoms with van der Waals surface area (Å²) in [5.74, 6) is 0. The van der Waals surface area contributed by atoms with Crippen LogP contribution in [0, 0.1) is 0 Å². The van der Waals surface area contributed by atoms with Crippen LogP contribution in [0.2, 0.25) is 0 Å². The van der Waals surface area contributed by atoms with Crippen molar-refractivity contribution < 1.29 is 4.74 Å². The average Bonchev–Trinajstić information content (AvgIpc) is 2.42. The second-order valence-electron chi connectivity index (χ2n) is 5.84. The van der Waals surface area contributed by atoms with Gasteiger partial charge in [0.05, 0.1) is 6.10 Å². The van der Waals surface area contributed by atoms with E-state index < -0.39 is 0 Å². The number of nitrogens with zero attached hydrogens (tertiary/aromatic N) is 2. The molecule has 0 bridgehead atoms. The number of hydrogen-bond donors (Lipinski definition) is 2. The van der Waals surface area contributed by atoms with Crippen LogP contribution in [0.1, 0.15) is 25.7 Å². The van der Waals surface area contributed by atoms with E-state index in [0.29, 0.717) is 12.6 Å². The minimum Gasteiger partial charge on any atom is -0.381 e. The maximum Gasteiger partial charge on any atom is 0.0590 e. The van der Waals surface area contributed by atoms with Crippen molar-refractivity contribution in [1.82, 2.24) is 15.3 Å². The number of piperazine rings is 1. The molecule has 106 valence electrons. The van der Waals surface area contributed by atoms with Gasteiger partial charge in [-0.25, -0.2) is 10.4 Å². The van der Waals surface area contributed by atoms with E-state index in [1.165, 1.54) is 12.8 Å². The molecule has 1 saturated heterocycles. The van der Waals surface area contributed by atoms with E-state index in [0.717, 1.165) is 39.0 Å². The number of hydrogen-bond acceptors (Lipinski definition) is 5. The summed E-state index contributed by atoms with van der Waals surface area (Å²) in [4.78, 5) is 2.37. The van der Waals surface area contributed by atoms with Gasteiger partial charge in [-0.05, 0) is 32.7 Å². The Labute approximate surface area is 111 Å². The maximum absolute atomic E-state index is 6.04. The van der Waals surface area contributed by atoms with Crippen molar-refractivity contribution in [2.75, 3.05) is 46.9 Å². The quantitative estimate of drug-likeness (QED) is 0.743. The summed E-state index contributed by atoms with van der Waals surface area (Å²) < 4.78 is 5.53. The number of methoxy groups -OCH3 is 1. The third-order valence-corrected chi connectivity index (χ3v) is 4.42. The minimum atomic E-state index is 0.0504. The first-order chi connectivity index (χ1) is 8.67. The fraction of sp³-hybridized carbons (Fsp3) is 1.00. The Morgan fingerprint density at radius 1 is 1.33 bits per heavy atom. The molecule has 0 radical (unpaired) electrons. The number of likely N-dealkylation sites (N-methyl/N-ethyl adjacent to an activating group) is 1. The highest BCUT2D eigenvalue weighted by Gasteiger charge is 2.37. The van der Waals surface area contributed by atoms with E-state index in [9.17, 15) is 0 Å². The highest BCUT2D eigenvalue weighted by atomic mass is 16.5. The van der Waals surface area contributed by atoms with Gasteiger partial charge in [0.25, 0.3) is 0 Å². The molecular formula is C13H28N4O. The smallest absolute Gasteiger partial charge is 0.0590 e. The number of nitrogens with one attached hydrogen (secondary N) is 1. The molecule has 1 aliphatic carbocycles. The van der Waals surface area contributed by atoms with Crippen molar-refractivity contribution in [1.29, 1.82) is 0 Å². The second kappa shape index (κ2) is 6.30. The van der Waals surface area contributed by atoms with Gasteiger partial charge < -0.3 is 15.4 Å². The fourth-order valence-electron chi connectivity index (χ4n) is 3.10. The molecular weight excluding hydrogens is 228 g/mol. The Hall–Kier alpha value is -0.200. The normalized spacial score (nSPS) is 35.8. The summed E-state index contributed by atoms with van der Waals surface area (Å²) in [6.45, 7) is 5.10. The van der Waals surface area contributed by atoms with Crippen molar-refractivity contribution in [3.63, 3.8) is 0 Å². The van der Waals surface area contributed by atoms with Crippen LogP contribution in [-0.4, -0.2) is 68.4 Å². The zero-order valence-corrected chi connectivity index (χ0v) is 11.8. The van der Waals surface area contributed by atoms with Crippen molar-refractivity contribution in [3.05, 3.63) is 0 Å². The zero-order chi connectivity index (χ0) is 13.0. The van der Waals surface area contributed by atoms with E-state index in [2.05, 4.69) is 22.4 Å². The van der Waals surface area contributed by atoms with Crippen LogP contribution in [0.25, 0.3) is 0 Å². The molecule has 5 heteroatoms. The van der Waals surface area contributed by atoms with Gasteiger partial charge in [-0.2, -0.15) is 0 Å². The molecule has 2 unspecified atom stereocenters. The van der Waals surface area contributed by atoms with E-state index >= 15 is 0 Å². The Balaban J connectivity index is 1.91. The summed E-state index contributed by atoms with van der Waals surface area (Å²) in [5, 5.41) is 2.35. The Kier molecular flexibility index (Phi) is 4.98. The molecule has 2 fully saturated rings. The van der Waals surface area contributed by atoms with Crippen molar-refractivity contribution in [3.8, 4) is 0 Å². The molecule has 18 heavy (non-hydrogen) atoms. The molecule has 2 atom stereocenters. The molecule has 3 N–H and O–H groups in total. The SMILES string of the molecule is COC1CCCC(CN)(NN2CCN(C)CC2)C1. The highest BCUT2D eigenvalue weighted by molar-refractivity contribution is 4.94. The summed E-state index contributed by atoms with van der Waals surface area (Å²) in [6.07, 6.45) is 4.93. The number of hydrazine groups is 1. The molecule has 0 spiro atoms. The predicted octanol–water partition coefficient (Wildman–Crippen LogP) is 0.0249. The topological polar surface area (TPSA) is 53.8 Å². The lowest BCUT2D eigenvalue weighted by Gasteiger charge is -2.45. The third kappa shape index (κ3) is 3.42. The summed E-state index contributed by atoms with van der Waals surface area (Å²) >= 11 is 0. The lowest BCUT2D eigenvalue weighted by Crippen LogP contribution is -2.63. The molecule has 5 nitrogen and oxygen atoms in total. The Morgan fingerprint density at radius 3 is 2.67 bits per heavy atom. The van der Waals surface area contributed by atoms with Crippen LogP contribution in [0.15, 0.2) is 0 Å². The first kappa shape index (κ1) is 14.2. The monoisotopic (exact) mass is 256 g/mol. The molecule has 1 saturated carbocycles. The Bertz CT molecular complexity index is 255. The first-order valence-corrected chi connectivity index (χ1v) is 7.12. The van der Waals surface area contributed by atoms with E-state index in [1.807, 2.05) is 7.11 Å². The van der Waals surface area contributed by atoms with Gasteiger partial charge in [-0.15, -0.1) is 0 Å². The molecule has 1 heterocycles. The molecule has 2 rings (SSSR count). The van der Waals surface area contributed by atoms with Crippen LogP contribution in [0.3, 0.4) is 0 Å². The van der Waals surface area contributed by atoms with Crippen LogP contribution >= 0.6 is 0 Å². The summed E-state index contributed by atoms with van der Waals surface area (Å²) in [7, 11) is 3.99. The van der Waals surface area contributed by atoms with Crippen molar-refractivity contribution >= 4 is 0 Å². The molecule has 2 aliphatic rings. The minimum absolute atomic E-state index is 0.0504. The third-order valence-electron chi connectivity index (χ3n) is 4.42. The average molecular weight is 256 g/mol. The van der Waals surface area contributed by atoms with Crippen LogP contribution in [-0.2, 0) is 4.74 Å². The first-order valence-electron chi connectivity index (χ1n) is 7.12. The predicted molar refractivity (Wildman–Crippen MR) is 73.3 cm³/mol. The number of rotatable bonds is 4. The second-order valence-corrected chi connectivity index (χ2v) is 5.84. The molecule has 1 aliphatic heterocycles. The summed E-state index contributed by atoms with van der Waals surface area (Å²) in [5.41, 5.74) is 9.80. The van der Waals surface area contributed by atoms with E-state index in [-0.39, 0.29) is 5.54 Å². The van der Waals surface area contributed by atoms with E-state index in [1.54, 1.807) is 0 Å². The van der Waals surface area contributed by atoms with Gasteiger partial charge in [0.15, 0.2) is 0 Å². The standard InChI is InChI=1S/C13H28N4O/c1-16-6-8-17(9-7-16)15-13(11-14)5-3-4-12(10-13)18-2/h12,15H,3-11,14H2,1-2H3. The largest absolute Gasteiger partial charge is 0.381 e. The van der Waals surface area contributed by atoms with Gasteiger partial charge in [0, 0.05) is 45.4 Å². The lowest BCUT2D eigenvalue weighted by molar-refractivity contribution is -0.0118. The highest BCUT2D eigenvalue weighted by Crippen LogP contribution is 2.29. The molecule has 0 amide bonds. The van der Waals surface area contributed by atoms with Gasteiger partial charge in [0.1, 0.15) is 0 Å². The molecule has 0 aromatic heterocycles. The molecule has 0 aromatic carbocycles.